The lowest BCUT2D eigenvalue weighted by atomic mass is 9.93. The van der Waals surface area contributed by atoms with Gasteiger partial charge in [-0.2, -0.15) is 0 Å². The Morgan fingerprint density at radius 1 is 1.05 bits per heavy atom. The second-order valence-electron chi connectivity index (χ2n) is 11.0. The molecule has 11 heteroatoms. The van der Waals surface area contributed by atoms with E-state index in [1.165, 1.54) is 0 Å². The number of ether oxygens (including phenoxy) is 2. The number of aromatic nitrogens is 3. The zero-order valence-electron chi connectivity index (χ0n) is 22.9. The van der Waals surface area contributed by atoms with Gasteiger partial charge in [-0.25, -0.2) is 14.8 Å². The van der Waals surface area contributed by atoms with Gasteiger partial charge in [0.25, 0.3) is 0 Å². The number of imidazole rings is 1. The largest absolute Gasteiger partial charge is 0.492 e. The molecule has 2 aliphatic heterocycles. The molecule has 6 rings (SSSR count). The highest BCUT2D eigenvalue weighted by molar-refractivity contribution is 6.05. The van der Waals surface area contributed by atoms with Crippen LogP contribution in [0.25, 0.3) is 11.0 Å². The van der Waals surface area contributed by atoms with Gasteiger partial charge in [0, 0.05) is 42.9 Å². The number of nitrogens with one attached hydrogen (secondary N) is 2. The van der Waals surface area contributed by atoms with Gasteiger partial charge in [0.1, 0.15) is 18.1 Å². The normalized spacial score (nSPS) is 15.6. The van der Waals surface area contributed by atoms with Gasteiger partial charge in [0.2, 0.25) is 5.95 Å². The minimum atomic E-state index is -0.393. The van der Waals surface area contributed by atoms with Crippen molar-refractivity contribution in [1.29, 1.82) is 0 Å². The molecular formula is C29H33N7O4. The first-order valence-electron chi connectivity index (χ1n) is 13.5. The molecular weight excluding hydrogens is 510 g/mol. The molecule has 2 aliphatic rings. The Morgan fingerprint density at radius 2 is 1.85 bits per heavy atom. The number of hydrogen-bond donors (Lipinski definition) is 2. The summed E-state index contributed by atoms with van der Waals surface area (Å²) < 4.78 is 18.8. The van der Waals surface area contributed by atoms with Crippen molar-refractivity contribution in [1.82, 2.24) is 19.6 Å². The van der Waals surface area contributed by atoms with Crippen LogP contribution in [0.15, 0.2) is 58.0 Å². The smallest absolute Gasteiger partial charge is 0.324 e. The fourth-order valence-corrected chi connectivity index (χ4v) is 4.72. The predicted octanol–water partition coefficient (Wildman–Crippen LogP) is 4.81. The third-order valence-corrected chi connectivity index (χ3v) is 6.99. The number of anilines is 2. The van der Waals surface area contributed by atoms with Crippen LogP contribution in [-0.2, 0) is 16.7 Å². The summed E-state index contributed by atoms with van der Waals surface area (Å²) in [4.78, 5) is 24.3. The minimum absolute atomic E-state index is 0.189. The van der Waals surface area contributed by atoms with E-state index in [-0.39, 0.29) is 5.41 Å². The van der Waals surface area contributed by atoms with Crippen molar-refractivity contribution in [3.63, 3.8) is 0 Å². The first-order valence-corrected chi connectivity index (χ1v) is 13.5. The Balaban J connectivity index is 1.05. The highest BCUT2D eigenvalue weighted by Gasteiger charge is 2.22. The Bertz CT molecular complexity index is 1540. The van der Waals surface area contributed by atoms with E-state index in [1.807, 2.05) is 63.2 Å². The maximum atomic E-state index is 12.4. The van der Waals surface area contributed by atoms with Gasteiger partial charge < -0.3 is 23.9 Å². The molecule has 208 valence electrons. The van der Waals surface area contributed by atoms with Crippen molar-refractivity contribution in [2.75, 3.05) is 50.1 Å². The molecule has 4 heterocycles. The number of urea groups is 1. The Labute approximate surface area is 232 Å². The van der Waals surface area contributed by atoms with E-state index in [2.05, 4.69) is 25.3 Å². The lowest BCUT2D eigenvalue weighted by Gasteiger charge is -2.26. The van der Waals surface area contributed by atoms with Crippen molar-refractivity contribution in [2.45, 2.75) is 32.7 Å². The fraction of sp³-hybridized carbons (Fsp3) is 0.379. The average Bonchev–Trinajstić information content (AvgIpc) is 3.64. The van der Waals surface area contributed by atoms with Gasteiger partial charge in [-0.1, -0.05) is 38.1 Å². The average molecular weight is 544 g/mol. The van der Waals surface area contributed by atoms with Crippen molar-refractivity contribution in [3.05, 3.63) is 59.9 Å². The van der Waals surface area contributed by atoms with Crippen molar-refractivity contribution in [3.8, 4) is 5.75 Å². The summed E-state index contributed by atoms with van der Waals surface area (Å²) in [6.07, 6.45) is 0. The van der Waals surface area contributed by atoms with Crippen LogP contribution >= 0.6 is 0 Å². The number of benzene rings is 2. The van der Waals surface area contributed by atoms with Gasteiger partial charge in [-0.15, -0.1) is 0 Å². The molecule has 2 N–H and O–H groups in total. The molecule has 0 spiro atoms. The van der Waals surface area contributed by atoms with E-state index in [0.717, 1.165) is 60.9 Å². The maximum Gasteiger partial charge on any atom is 0.324 e. The summed E-state index contributed by atoms with van der Waals surface area (Å²) in [6, 6.07) is 14.9. The van der Waals surface area contributed by atoms with Crippen LogP contribution in [0.3, 0.4) is 0 Å². The zero-order valence-corrected chi connectivity index (χ0v) is 22.9. The van der Waals surface area contributed by atoms with E-state index in [4.69, 9.17) is 24.0 Å². The minimum Gasteiger partial charge on any atom is -0.492 e. The van der Waals surface area contributed by atoms with Crippen LogP contribution in [-0.4, -0.2) is 70.8 Å². The number of morpholine rings is 1. The summed E-state index contributed by atoms with van der Waals surface area (Å²) in [5, 5.41) is 9.44. The van der Waals surface area contributed by atoms with Crippen molar-refractivity contribution in [2.24, 2.45) is 4.99 Å². The molecule has 0 unspecified atom stereocenters. The van der Waals surface area contributed by atoms with E-state index in [0.29, 0.717) is 36.4 Å². The van der Waals surface area contributed by atoms with Gasteiger partial charge in [0.15, 0.2) is 5.82 Å². The first-order chi connectivity index (χ1) is 19.3. The molecule has 0 saturated carbocycles. The molecule has 2 amide bonds. The number of rotatable bonds is 7. The molecule has 40 heavy (non-hydrogen) atoms. The summed E-state index contributed by atoms with van der Waals surface area (Å²) in [6.45, 7) is 11.7. The molecule has 0 bridgehead atoms. The highest BCUT2D eigenvalue weighted by atomic mass is 16.5. The molecule has 4 aromatic rings. The van der Waals surface area contributed by atoms with Crippen LogP contribution in [0.1, 0.15) is 32.1 Å². The molecule has 0 aliphatic carbocycles. The Kier molecular flexibility index (Phi) is 6.99. The van der Waals surface area contributed by atoms with Crippen LogP contribution < -0.4 is 15.4 Å². The van der Waals surface area contributed by atoms with Crippen LogP contribution in [0.5, 0.6) is 5.75 Å². The molecule has 11 nitrogen and oxygen atoms in total. The monoisotopic (exact) mass is 543 g/mol. The SMILES string of the molecule is CC(C)(C)c1cc(NC(=O)Nc2ccc(C3=Nc4nc5cc(OCCN6CCOCC6)ccc5n4C3)cc2)no1. The number of amides is 2. The van der Waals surface area contributed by atoms with Gasteiger partial charge in [0.05, 0.1) is 36.5 Å². The molecule has 1 fully saturated rings. The summed E-state index contributed by atoms with van der Waals surface area (Å²) in [5.41, 5.74) is 4.25. The van der Waals surface area contributed by atoms with E-state index in [9.17, 15) is 4.79 Å². The third kappa shape index (κ3) is 5.70. The van der Waals surface area contributed by atoms with Crippen molar-refractivity contribution < 1.29 is 18.8 Å². The topological polar surface area (TPSA) is 119 Å². The second-order valence-corrected chi connectivity index (χ2v) is 11.0. The van der Waals surface area contributed by atoms with Crippen LogP contribution in [0, 0.1) is 0 Å². The van der Waals surface area contributed by atoms with Gasteiger partial charge in [-0.05, 0) is 29.8 Å². The predicted molar refractivity (Wildman–Crippen MR) is 153 cm³/mol. The summed E-state index contributed by atoms with van der Waals surface area (Å²) in [5.74, 6) is 2.56. The zero-order chi connectivity index (χ0) is 27.7. The Morgan fingerprint density at radius 3 is 2.60 bits per heavy atom. The van der Waals surface area contributed by atoms with E-state index < -0.39 is 6.03 Å². The lowest BCUT2D eigenvalue weighted by Crippen LogP contribution is -2.38. The number of carbonyl (C=O) groups excluding carboxylic acids is 1. The van der Waals surface area contributed by atoms with E-state index in [1.54, 1.807) is 6.07 Å². The lowest BCUT2D eigenvalue weighted by molar-refractivity contribution is 0.0322. The fourth-order valence-electron chi connectivity index (χ4n) is 4.72. The molecule has 1 saturated heterocycles. The van der Waals surface area contributed by atoms with Crippen molar-refractivity contribution >= 4 is 40.2 Å². The number of carbonyl (C=O) groups is 1. The maximum absolute atomic E-state index is 12.4. The van der Waals surface area contributed by atoms with E-state index >= 15 is 0 Å². The standard InChI is InChI=1S/C29H33N7O4/c1-29(2,3)25-17-26(34-40-25)33-28(37)30-20-6-4-19(5-7-20)23-18-36-24-9-8-21(16-22(24)31-27(36)32-23)39-15-12-35-10-13-38-14-11-35/h4-9,16-17H,10-15,18H2,1-3H3,(H2,30,33,34,37). The number of fused-ring (bicyclic) bond motifs is 3. The van der Waals surface area contributed by atoms with Gasteiger partial charge in [-0.3, -0.25) is 10.2 Å². The summed E-state index contributed by atoms with van der Waals surface area (Å²) in [7, 11) is 0. The van der Waals surface area contributed by atoms with Crippen LogP contribution in [0.2, 0.25) is 0 Å². The second kappa shape index (κ2) is 10.7. The van der Waals surface area contributed by atoms with Gasteiger partial charge >= 0.3 is 6.03 Å². The Hall–Kier alpha value is -4.22. The quantitative estimate of drug-likeness (QED) is 0.343. The summed E-state index contributed by atoms with van der Waals surface area (Å²) >= 11 is 0. The molecule has 2 aromatic carbocycles. The number of aliphatic imine (C=N–C) groups is 1. The number of hydrogen-bond acceptors (Lipinski definition) is 8. The highest BCUT2D eigenvalue weighted by Crippen LogP contribution is 2.30. The molecule has 0 radical (unpaired) electrons. The van der Waals surface area contributed by atoms with Crippen LogP contribution in [0.4, 0.5) is 22.2 Å². The molecule has 0 atom stereocenters. The third-order valence-electron chi connectivity index (χ3n) is 6.99. The first kappa shape index (κ1) is 26.0. The molecule has 2 aromatic heterocycles. The number of nitrogens with zero attached hydrogens (tertiary/aromatic N) is 5.